The van der Waals surface area contributed by atoms with Crippen molar-refractivity contribution in [2.24, 2.45) is 5.92 Å². The summed E-state index contributed by atoms with van der Waals surface area (Å²) >= 11 is 0. The average Bonchev–Trinajstić information content (AvgIpc) is 3.27. The third-order valence-electron chi connectivity index (χ3n) is 9.37. The second-order valence-corrected chi connectivity index (χ2v) is 13.3. The topological polar surface area (TPSA) is 90.0 Å². The number of hydrogen-bond donors (Lipinski definition) is 1. The van der Waals surface area contributed by atoms with Crippen LogP contribution in [0.15, 0.2) is 78.1 Å². The zero-order chi connectivity index (χ0) is 36.6. The van der Waals surface area contributed by atoms with Gasteiger partial charge in [-0.3, -0.25) is 29.4 Å². The molecule has 2 saturated heterocycles. The van der Waals surface area contributed by atoms with Crippen molar-refractivity contribution in [3.05, 3.63) is 94.8 Å². The molecule has 0 radical (unpaired) electrons. The van der Waals surface area contributed by atoms with Crippen LogP contribution in [0.4, 0.5) is 0 Å². The van der Waals surface area contributed by atoms with E-state index in [0.717, 1.165) is 74.3 Å². The van der Waals surface area contributed by atoms with Crippen LogP contribution >= 0.6 is 0 Å². The first-order chi connectivity index (χ1) is 24.2. The maximum absolute atomic E-state index is 13.6. The van der Waals surface area contributed by atoms with Crippen molar-refractivity contribution in [1.82, 2.24) is 20.0 Å². The number of aryl methyl sites for hydroxylation is 1. The summed E-state index contributed by atoms with van der Waals surface area (Å²) in [6.07, 6.45) is 18.9. The summed E-state index contributed by atoms with van der Waals surface area (Å²) in [6, 6.07) is 5.80. The third kappa shape index (κ3) is 11.0. The van der Waals surface area contributed by atoms with Gasteiger partial charge in [0.25, 0.3) is 5.91 Å². The molecule has 8 nitrogen and oxygen atoms in total. The number of hydrogen-bond acceptors (Lipinski definition) is 5. The highest BCUT2D eigenvalue weighted by Gasteiger charge is 2.34. The van der Waals surface area contributed by atoms with E-state index in [0.29, 0.717) is 25.2 Å². The van der Waals surface area contributed by atoms with Gasteiger partial charge in [-0.25, -0.2) is 0 Å². The van der Waals surface area contributed by atoms with Gasteiger partial charge < -0.3 is 9.80 Å². The van der Waals surface area contributed by atoms with Crippen molar-refractivity contribution in [2.45, 2.75) is 112 Å². The molecular weight excluding hydrogens is 624 g/mol. The summed E-state index contributed by atoms with van der Waals surface area (Å²) in [5.41, 5.74) is 6.08. The third-order valence-corrected chi connectivity index (χ3v) is 9.37. The van der Waals surface area contributed by atoms with E-state index in [1.807, 2.05) is 50.8 Å². The van der Waals surface area contributed by atoms with Crippen molar-refractivity contribution < 1.29 is 19.2 Å². The molecule has 0 saturated carbocycles. The second kappa shape index (κ2) is 20.6. The molecule has 1 N–H and O–H groups in total. The highest BCUT2D eigenvalue weighted by Crippen LogP contribution is 2.30. The van der Waals surface area contributed by atoms with Crippen LogP contribution in [0.2, 0.25) is 0 Å². The molecule has 272 valence electrons. The van der Waals surface area contributed by atoms with Crippen LogP contribution in [0.25, 0.3) is 0 Å². The fourth-order valence-electron chi connectivity index (χ4n) is 6.98. The molecule has 0 spiro atoms. The smallest absolute Gasteiger partial charge is 0.258 e. The molecule has 0 aliphatic carbocycles. The number of rotatable bonds is 6. The van der Waals surface area contributed by atoms with E-state index in [-0.39, 0.29) is 30.7 Å². The fraction of sp³-hybridized carbons (Fsp3) is 0.524. The number of benzene rings is 1. The lowest BCUT2D eigenvalue weighted by molar-refractivity contribution is -0.145. The normalized spacial score (nSPS) is 23.1. The van der Waals surface area contributed by atoms with Gasteiger partial charge in [0, 0.05) is 43.7 Å². The van der Waals surface area contributed by atoms with E-state index < -0.39 is 11.9 Å². The summed E-state index contributed by atoms with van der Waals surface area (Å²) in [6.45, 7) is 20.2. The van der Waals surface area contributed by atoms with Gasteiger partial charge in [0.1, 0.15) is 6.04 Å². The van der Waals surface area contributed by atoms with E-state index in [1.165, 1.54) is 17.6 Å². The van der Waals surface area contributed by atoms with Gasteiger partial charge in [0.15, 0.2) is 0 Å². The predicted molar refractivity (Wildman–Crippen MR) is 203 cm³/mol. The maximum atomic E-state index is 13.6. The van der Waals surface area contributed by atoms with E-state index in [1.54, 1.807) is 4.90 Å². The Hall–Kier alpha value is -4.04. The molecule has 1 unspecified atom stereocenters. The standard InChI is InChI=1S/C37H46N4O4.C3H8.C2H6/c1-4-9-31(5-2)40-19-8-11-29-14-13-27(23-32(29)37(40)45)25-39-20-17-28(18-21-39)30-10-6-7-12-35(43)41(24-26(3)22-30)33-15-16-34(42)38-36(33)44;1-3-2;1-2/h4-6,9-10,13-14,22-23,28,33H,3,7-8,11-12,15-21,24-25H2,1-2H3,(H,38,42,44);3H2,1-2H3;1-2H3/b9-4-,10-6-,30-22+,31-5+;;. The van der Waals surface area contributed by atoms with Crippen LogP contribution in [0, 0.1) is 5.92 Å². The predicted octanol–water partition coefficient (Wildman–Crippen LogP) is 7.68. The van der Waals surface area contributed by atoms with Crippen molar-refractivity contribution in [1.29, 1.82) is 0 Å². The SMILES string of the molecule is C=C1/C=C(C2CCN(Cc3ccc4c(c3)C(=O)N(C(/C=C\C)=C/C)CCC4)CC2)\C=C/CCC(=O)N(C2CCC(=O)NC2=O)C1.CC.CCC. The van der Waals surface area contributed by atoms with Crippen LogP contribution in [0.1, 0.15) is 114 Å². The summed E-state index contributed by atoms with van der Waals surface area (Å²) in [5.74, 6) is -0.314. The minimum atomic E-state index is -0.639. The first-order valence-corrected chi connectivity index (χ1v) is 18.8. The zero-order valence-corrected chi connectivity index (χ0v) is 31.4. The van der Waals surface area contributed by atoms with Crippen molar-refractivity contribution in [2.75, 3.05) is 26.2 Å². The van der Waals surface area contributed by atoms with Gasteiger partial charge in [0.2, 0.25) is 17.7 Å². The van der Waals surface area contributed by atoms with E-state index in [2.05, 4.69) is 67.1 Å². The van der Waals surface area contributed by atoms with Gasteiger partial charge in [-0.2, -0.15) is 0 Å². The highest BCUT2D eigenvalue weighted by molar-refractivity contribution is 6.01. The monoisotopic (exact) mass is 684 g/mol. The summed E-state index contributed by atoms with van der Waals surface area (Å²) < 4.78 is 0. The Morgan fingerprint density at radius 1 is 0.980 bits per heavy atom. The Morgan fingerprint density at radius 3 is 2.36 bits per heavy atom. The first-order valence-electron chi connectivity index (χ1n) is 18.8. The number of allylic oxidation sites excluding steroid dienone is 6. The molecule has 5 rings (SSSR count). The molecule has 0 bridgehead atoms. The van der Waals surface area contributed by atoms with Crippen LogP contribution in [0.5, 0.6) is 0 Å². The zero-order valence-electron chi connectivity index (χ0n) is 31.4. The Bertz CT molecular complexity index is 1480. The number of nitrogens with one attached hydrogen (secondary N) is 1. The number of fused-ring (bicyclic) bond motifs is 1. The summed E-state index contributed by atoms with van der Waals surface area (Å²) in [5, 5.41) is 2.38. The Morgan fingerprint density at radius 2 is 1.70 bits per heavy atom. The van der Waals surface area contributed by atoms with E-state index in [4.69, 9.17) is 0 Å². The van der Waals surface area contributed by atoms with Gasteiger partial charge in [-0.1, -0.05) is 83.2 Å². The van der Waals surface area contributed by atoms with Crippen LogP contribution < -0.4 is 5.32 Å². The largest absolute Gasteiger partial charge is 0.326 e. The minimum absolute atomic E-state index is 0.0853. The van der Waals surface area contributed by atoms with Gasteiger partial charge in [-0.15, -0.1) is 0 Å². The van der Waals surface area contributed by atoms with Gasteiger partial charge in [0.05, 0.1) is 0 Å². The number of imide groups is 1. The lowest BCUT2D eigenvalue weighted by Crippen LogP contribution is -2.54. The fourth-order valence-corrected chi connectivity index (χ4v) is 6.98. The molecule has 1 aromatic carbocycles. The minimum Gasteiger partial charge on any atom is -0.326 e. The number of nitrogens with zero attached hydrogens (tertiary/aromatic N) is 3. The number of carbonyl (C=O) groups is 4. The molecule has 4 aliphatic heterocycles. The van der Waals surface area contributed by atoms with Crippen LogP contribution in [-0.2, 0) is 27.3 Å². The van der Waals surface area contributed by atoms with E-state index in [9.17, 15) is 19.2 Å². The van der Waals surface area contributed by atoms with Gasteiger partial charge >= 0.3 is 0 Å². The lowest BCUT2D eigenvalue weighted by Gasteiger charge is -2.35. The van der Waals surface area contributed by atoms with Crippen LogP contribution in [0.3, 0.4) is 0 Å². The molecule has 1 atom stereocenters. The average molecular weight is 685 g/mol. The molecule has 0 aromatic heterocycles. The molecule has 2 fully saturated rings. The lowest BCUT2D eigenvalue weighted by atomic mass is 9.87. The molecule has 4 aliphatic rings. The number of piperidine rings is 2. The molecule has 4 heterocycles. The van der Waals surface area contributed by atoms with Gasteiger partial charge in [-0.05, 0) is 106 Å². The molecule has 50 heavy (non-hydrogen) atoms. The molecule has 4 amide bonds. The first kappa shape index (κ1) is 40.4. The highest BCUT2D eigenvalue weighted by atomic mass is 16.2. The Labute approximate surface area is 301 Å². The molecule has 1 aromatic rings. The van der Waals surface area contributed by atoms with E-state index >= 15 is 0 Å². The number of likely N-dealkylation sites (tertiary alicyclic amines) is 1. The Balaban J connectivity index is 0.00000128. The maximum Gasteiger partial charge on any atom is 0.258 e. The van der Waals surface area contributed by atoms with Crippen molar-refractivity contribution in [3.63, 3.8) is 0 Å². The quantitative estimate of drug-likeness (QED) is 0.245. The molecular formula is C42H60N4O4. The summed E-state index contributed by atoms with van der Waals surface area (Å²) in [7, 11) is 0. The van der Waals surface area contributed by atoms with Crippen molar-refractivity contribution >= 4 is 23.6 Å². The summed E-state index contributed by atoms with van der Waals surface area (Å²) in [4.78, 5) is 56.8. The molecule has 8 heteroatoms. The second-order valence-electron chi connectivity index (χ2n) is 13.3. The number of carbonyl (C=O) groups excluding carboxylic acids is 4. The Kier molecular flexibility index (Phi) is 16.6. The van der Waals surface area contributed by atoms with Crippen molar-refractivity contribution in [3.8, 4) is 0 Å². The number of amides is 4. The van der Waals surface area contributed by atoms with Crippen LogP contribution in [-0.4, -0.2) is 70.5 Å².